The second kappa shape index (κ2) is 11.9. The third kappa shape index (κ3) is 5.25. The average Bonchev–Trinajstić information content (AvgIpc) is 3.21. The van der Waals surface area contributed by atoms with Crippen molar-refractivity contribution in [2.75, 3.05) is 18.5 Å². The summed E-state index contributed by atoms with van der Waals surface area (Å²) in [6.45, 7) is 7.50. The number of benzene rings is 2. The minimum absolute atomic E-state index is 0.164. The Bertz CT molecular complexity index is 1170. The smallest absolute Gasteiger partial charge is 0.310 e. The van der Waals surface area contributed by atoms with Crippen LogP contribution in [0.15, 0.2) is 60.7 Å². The highest BCUT2D eigenvalue weighted by Gasteiger charge is 2.58. The van der Waals surface area contributed by atoms with Crippen molar-refractivity contribution in [3.05, 3.63) is 77.4 Å². The topological polar surface area (TPSA) is 95.9 Å². The first-order valence-electron chi connectivity index (χ1n) is 13.5. The second-order valence-corrected chi connectivity index (χ2v) is 10.3. The van der Waals surface area contributed by atoms with E-state index in [9.17, 15) is 19.5 Å². The van der Waals surface area contributed by atoms with E-state index in [1.54, 1.807) is 11.8 Å². The highest BCUT2D eigenvalue weighted by Crippen LogP contribution is 2.46. The van der Waals surface area contributed by atoms with Gasteiger partial charge in [0, 0.05) is 11.6 Å². The van der Waals surface area contributed by atoms with Crippen molar-refractivity contribution in [1.29, 1.82) is 0 Å². The zero-order chi connectivity index (χ0) is 27.4. The van der Waals surface area contributed by atoms with Crippen molar-refractivity contribution in [2.45, 2.75) is 52.6 Å². The van der Waals surface area contributed by atoms with Crippen molar-refractivity contribution in [2.24, 2.45) is 23.7 Å². The Labute approximate surface area is 224 Å². The molecule has 0 bridgehead atoms. The van der Waals surface area contributed by atoms with Gasteiger partial charge in [-0.05, 0) is 56.2 Å². The summed E-state index contributed by atoms with van der Waals surface area (Å²) in [4.78, 5) is 42.9. The number of carbonyl (C=O) groups is 3. The Morgan fingerprint density at radius 2 is 1.71 bits per heavy atom. The molecule has 6 atom stereocenters. The third-order valence-corrected chi connectivity index (χ3v) is 7.99. The van der Waals surface area contributed by atoms with Gasteiger partial charge in [0.2, 0.25) is 11.8 Å². The number of aliphatic hydroxyl groups excluding tert-OH is 1. The Hall–Kier alpha value is -3.45. The molecule has 2 aromatic rings. The zero-order valence-corrected chi connectivity index (χ0v) is 22.6. The lowest BCUT2D eigenvalue weighted by Crippen LogP contribution is -2.51. The van der Waals surface area contributed by atoms with Crippen LogP contribution in [0, 0.1) is 37.5 Å². The van der Waals surface area contributed by atoms with Crippen LogP contribution in [0.2, 0.25) is 0 Å². The Kier molecular flexibility index (Phi) is 8.67. The van der Waals surface area contributed by atoms with Crippen molar-refractivity contribution in [3.8, 4) is 0 Å². The number of allylic oxidation sites excluding steroid dienone is 1. The van der Waals surface area contributed by atoms with Gasteiger partial charge in [0.05, 0.1) is 31.1 Å². The van der Waals surface area contributed by atoms with E-state index in [1.165, 1.54) is 0 Å². The first-order chi connectivity index (χ1) is 18.3. The molecule has 2 aliphatic rings. The second-order valence-electron chi connectivity index (χ2n) is 10.3. The number of hydrogen-bond acceptors (Lipinski definition) is 5. The van der Waals surface area contributed by atoms with Crippen LogP contribution in [-0.2, 0) is 25.5 Å². The molecule has 202 valence electrons. The summed E-state index contributed by atoms with van der Waals surface area (Å²) >= 11 is 0. The van der Waals surface area contributed by atoms with Crippen LogP contribution < -0.4 is 5.32 Å². The number of esters is 1. The van der Waals surface area contributed by atoms with E-state index in [1.807, 2.05) is 81.5 Å². The highest BCUT2D eigenvalue weighted by atomic mass is 16.5. The van der Waals surface area contributed by atoms with Gasteiger partial charge in [-0.15, -0.1) is 0 Å². The number of anilines is 1. The van der Waals surface area contributed by atoms with Gasteiger partial charge in [-0.1, -0.05) is 67.6 Å². The molecule has 4 rings (SSSR count). The Morgan fingerprint density at radius 3 is 2.32 bits per heavy atom. The number of nitrogens with one attached hydrogen (secondary N) is 1. The molecule has 0 spiro atoms. The highest BCUT2D eigenvalue weighted by molar-refractivity contribution is 6.02. The molecule has 1 saturated heterocycles. The van der Waals surface area contributed by atoms with Gasteiger partial charge in [0.15, 0.2) is 0 Å². The number of para-hydroxylation sites is 1. The number of aryl methyl sites for hydroxylation is 2. The molecule has 2 aromatic carbocycles. The number of hydrogen-bond donors (Lipinski definition) is 2. The van der Waals surface area contributed by atoms with Crippen LogP contribution in [0.25, 0.3) is 0 Å². The number of nitrogens with zero attached hydrogens (tertiary/aromatic N) is 1. The number of fused-ring (bicyclic) bond motifs is 1. The van der Waals surface area contributed by atoms with Crippen molar-refractivity contribution >= 4 is 23.5 Å². The summed E-state index contributed by atoms with van der Waals surface area (Å²) in [6.07, 6.45) is 4.95. The van der Waals surface area contributed by atoms with Crippen LogP contribution in [0.3, 0.4) is 0 Å². The van der Waals surface area contributed by atoms with Crippen LogP contribution in [0.4, 0.5) is 5.69 Å². The molecular formula is C31H38N2O5. The molecule has 0 aromatic heterocycles. The summed E-state index contributed by atoms with van der Waals surface area (Å²) in [5, 5.41) is 13.6. The molecular weight excluding hydrogens is 480 g/mol. The standard InChI is InChI=1S/C31H38N2O5/c1-5-22-15-16-24-26(25(22)31(37)38-6-2)30(36)33(23(18-34)17-21-13-8-7-9-14-21)28(24)29(35)32-27-19(3)11-10-12-20(27)4/h7-16,22-26,28,34H,5-6,17-18H2,1-4H3,(H,32,35)/t22-,23-,24+,25-,26+,28+/m1/s1. The lowest BCUT2D eigenvalue weighted by molar-refractivity contribution is -0.156. The molecule has 7 nitrogen and oxygen atoms in total. The molecule has 1 heterocycles. The van der Waals surface area contributed by atoms with Crippen molar-refractivity contribution in [3.63, 3.8) is 0 Å². The summed E-state index contributed by atoms with van der Waals surface area (Å²) in [5.74, 6) is -3.12. The number of aliphatic hydroxyl groups is 1. The Morgan fingerprint density at radius 1 is 1.03 bits per heavy atom. The first-order valence-corrected chi connectivity index (χ1v) is 13.5. The van der Waals surface area contributed by atoms with Crippen LogP contribution in [-0.4, -0.2) is 53.1 Å². The summed E-state index contributed by atoms with van der Waals surface area (Å²) in [7, 11) is 0. The van der Waals surface area contributed by atoms with Gasteiger partial charge in [0.1, 0.15) is 6.04 Å². The molecule has 2 N–H and O–H groups in total. The zero-order valence-electron chi connectivity index (χ0n) is 22.6. The predicted molar refractivity (Wildman–Crippen MR) is 146 cm³/mol. The van der Waals surface area contributed by atoms with Gasteiger partial charge in [-0.3, -0.25) is 14.4 Å². The van der Waals surface area contributed by atoms with Gasteiger partial charge < -0.3 is 20.1 Å². The molecule has 1 aliphatic heterocycles. The minimum Gasteiger partial charge on any atom is -0.466 e. The molecule has 1 fully saturated rings. The Balaban J connectivity index is 1.77. The molecule has 0 unspecified atom stereocenters. The van der Waals surface area contributed by atoms with Crippen molar-refractivity contribution < 1.29 is 24.2 Å². The molecule has 2 amide bonds. The fourth-order valence-electron chi connectivity index (χ4n) is 6.13. The SMILES string of the molecule is CCOC(=O)[C@H]1[C@H]2C(=O)N([C@@H](CO)Cc3ccccc3)[C@H](C(=O)Nc3c(C)cccc3C)[C@H]2C=C[C@H]1CC. The fraction of sp³-hybridized carbons (Fsp3) is 0.452. The fourth-order valence-corrected chi connectivity index (χ4v) is 6.13. The molecule has 1 aliphatic carbocycles. The monoisotopic (exact) mass is 518 g/mol. The minimum atomic E-state index is -0.877. The van der Waals surface area contributed by atoms with Crippen LogP contribution >= 0.6 is 0 Å². The average molecular weight is 519 g/mol. The van der Waals surface area contributed by atoms with Gasteiger partial charge in [0.25, 0.3) is 0 Å². The van der Waals surface area contributed by atoms with E-state index < -0.39 is 35.8 Å². The molecule has 0 radical (unpaired) electrons. The van der Waals surface area contributed by atoms with E-state index in [4.69, 9.17) is 4.74 Å². The lowest BCUT2D eigenvalue weighted by Gasteiger charge is -2.34. The summed E-state index contributed by atoms with van der Waals surface area (Å²) in [6, 6.07) is 13.9. The maximum atomic E-state index is 14.2. The number of ether oxygens (including phenoxy) is 1. The van der Waals surface area contributed by atoms with Gasteiger partial charge in [-0.25, -0.2) is 0 Å². The molecule has 38 heavy (non-hydrogen) atoms. The predicted octanol–water partition coefficient (Wildman–Crippen LogP) is 4.06. The number of amides is 2. The lowest BCUT2D eigenvalue weighted by atomic mass is 9.69. The van der Waals surface area contributed by atoms with E-state index >= 15 is 0 Å². The van der Waals surface area contributed by atoms with Gasteiger partial charge >= 0.3 is 5.97 Å². The van der Waals surface area contributed by atoms with E-state index in [-0.39, 0.29) is 30.9 Å². The van der Waals surface area contributed by atoms with Gasteiger partial charge in [-0.2, -0.15) is 0 Å². The maximum Gasteiger partial charge on any atom is 0.310 e. The summed E-state index contributed by atoms with van der Waals surface area (Å²) in [5.41, 5.74) is 3.50. The molecule has 0 saturated carbocycles. The number of rotatable bonds is 9. The van der Waals surface area contributed by atoms with E-state index in [0.717, 1.165) is 16.7 Å². The third-order valence-electron chi connectivity index (χ3n) is 7.99. The van der Waals surface area contributed by atoms with Crippen LogP contribution in [0.5, 0.6) is 0 Å². The van der Waals surface area contributed by atoms with Crippen LogP contribution in [0.1, 0.15) is 37.0 Å². The largest absolute Gasteiger partial charge is 0.466 e. The molecule has 7 heteroatoms. The quantitative estimate of drug-likeness (QED) is 0.386. The number of carbonyl (C=O) groups excluding carboxylic acids is 3. The summed E-state index contributed by atoms with van der Waals surface area (Å²) < 4.78 is 5.42. The number of likely N-dealkylation sites (tertiary alicyclic amines) is 1. The first kappa shape index (κ1) is 27.6. The van der Waals surface area contributed by atoms with Crippen molar-refractivity contribution in [1.82, 2.24) is 4.90 Å². The normalized spacial score (nSPS) is 25.1. The van der Waals surface area contributed by atoms with E-state index in [0.29, 0.717) is 18.5 Å². The van der Waals surface area contributed by atoms with E-state index in [2.05, 4.69) is 5.32 Å². The maximum absolute atomic E-state index is 14.2.